The lowest BCUT2D eigenvalue weighted by Crippen LogP contribution is -2.30. The summed E-state index contributed by atoms with van der Waals surface area (Å²) >= 11 is 0. The number of esters is 3. The average molecular weight is 863 g/mol. The Balaban J connectivity index is 4.25. The lowest BCUT2D eigenvalue weighted by molar-refractivity contribution is -0.167. The van der Waals surface area contributed by atoms with Crippen LogP contribution >= 0.6 is 0 Å². The lowest BCUT2D eigenvalue weighted by atomic mass is 10.0. The highest BCUT2D eigenvalue weighted by atomic mass is 16.6. The number of rotatable bonds is 51. The molecule has 0 N–H and O–H groups in total. The minimum Gasteiger partial charge on any atom is -0.462 e. The summed E-state index contributed by atoms with van der Waals surface area (Å²) in [6.07, 6.45) is 55.2. The molecule has 0 aliphatic rings. The van der Waals surface area contributed by atoms with E-state index in [4.69, 9.17) is 14.2 Å². The first-order valence-electron chi connectivity index (χ1n) is 27.5. The molecule has 0 aromatic rings. The molecule has 6 nitrogen and oxygen atoms in total. The fourth-order valence-corrected chi connectivity index (χ4v) is 8.45. The maximum Gasteiger partial charge on any atom is 0.306 e. The van der Waals surface area contributed by atoms with Gasteiger partial charge in [-0.15, -0.1) is 0 Å². The number of unbranched alkanes of at least 4 members (excludes halogenated alkanes) is 40. The van der Waals surface area contributed by atoms with Crippen molar-refractivity contribution in [3.05, 3.63) is 0 Å². The highest BCUT2D eigenvalue weighted by Crippen LogP contribution is 2.17. The molecule has 0 aliphatic carbocycles. The molecule has 0 heterocycles. The SMILES string of the molecule is CCCCCCCCCCCCCCCCCCCC(=O)OC[C@H](COC(=O)CCCCCCCCCCCC)OC(=O)CCCCCCCCCCCCCCCCCC. The number of hydrogen-bond acceptors (Lipinski definition) is 6. The van der Waals surface area contributed by atoms with E-state index in [1.807, 2.05) is 0 Å². The molecule has 0 saturated heterocycles. The van der Waals surface area contributed by atoms with Crippen molar-refractivity contribution in [1.29, 1.82) is 0 Å². The zero-order valence-corrected chi connectivity index (χ0v) is 41.5. The summed E-state index contributed by atoms with van der Waals surface area (Å²) < 4.78 is 16.8. The number of ether oxygens (including phenoxy) is 3. The summed E-state index contributed by atoms with van der Waals surface area (Å²) in [6, 6.07) is 0. The molecule has 0 aromatic carbocycles. The zero-order chi connectivity index (χ0) is 44.4. The molecular formula is C55H106O6. The Hall–Kier alpha value is -1.59. The molecule has 0 aromatic heterocycles. The van der Waals surface area contributed by atoms with Gasteiger partial charge in [0.2, 0.25) is 0 Å². The molecular weight excluding hydrogens is 757 g/mol. The van der Waals surface area contributed by atoms with Crippen molar-refractivity contribution < 1.29 is 28.6 Å². The quantitative estimate of drug-likeness (QED) is 0.0344. The van der Waals surface area contributed by atoms with Gasteiger partial charge < -0.3 is 14.2 Å². The minimum absolute atomic E-state index is 0.0615. The molecule has 0 bridgehead atoms. The second kappa shape index (κ2) is 51.0. The van der Waals surface area contributed by atoms with Crippen LogP contribution in [-0.2, 0) is 28.6 Å². The molecule has 6 heteroatoms. The predicted molar refractivity (Wildman–Crippen MR) is 261 cm³/mol. The molecule has 1 atom stereocenters. The van der Waals surface area contributed by atoms with Crippen LogP contribution < -0.4 is 0 Å². The van der Waals surface area contributed by atoms with Crippen molar-refractivity contribution in [3.63, 3.8) is 0 Å². The van der Waals surface area contributed by atoms with E-state index in [0.29, 0.717) is 19.3 Å². The molecule has 0 fully saturated rings. The van der Waals surface area contributed by atoms with Crippen LogP contribution in [0.3, 0.4) is 0 Å². The Kier molecular flexibility index (Phi) is 49.7. The Bertz CT molecular complexity index is 905. The third-order valence-electron chi connectivity index (χ3n) is 12.6. The maximum atomic E-state index is 12.8. The van der Waals surface area contributed by atoms with Gasteiger partial charge in [0.1, 0.15) is 13.2 Å². The van der Waals surface area contributed by atoms with Crippen molar-refractivity contribution in [1.82, 2.24) is 0 Å². The van der Waals surface area contributed by atoms with Crippen LogP contribution in [-0.4, -0.2) is 37.2 Å². The molecule has 0 aliphatic heterocycles. The fourth-order valence-electron chi connectivity index (χ4n) is 8.45. The molecule has 0 amide bonds. The van der Waals surface area contributed by atoms with Crippen molar-refractivity contribution in [2.45, 2.75) is 322 Å². The number of carbonyl (C=O) groups excluding carboxylic acids is 3. The van der Waals surface area contributed by atoms with Crippen LogP contribution in [0.1, 0.15) is 316 Å². The van der Waals surface area contributed by atoms with E-state index in [2.05, 4.69) is 20.8 Å². The third-order valence-corrected chi connectivity index (χ3v) is 12.6. The average Bonchev–Trinajstić information content (AvgIpc) is 3.26. The van der Waals surface area contributed by atoms with Gasteiger partial charge in [0, 0.05) is 19.3 Å². The molecule has 0 rings (SSSR count). The Morgan fingerprint density at radius 2 is 0.443 bits per heavy atom. The maximum absolute atomic E-state index is 12.8. The van der Waals surface area contributed by atoms with Crippen LogP contribution in [0.5, 0.6) is 0 Å². The summed E-state index contributed by atoms with van der Waals surface area (Å²) in [4.78, 5) is 38.0. The van der Waals surface area contributed by atoms with Gasteiger partial charge in [-0.2, -0.15) is 0 Å². The summed E-state index contributed by atoms with van der Waals surface area (Å²) in [6.45, 7) is 6.68. The van der Waals surface area contributed by atoms with Crippen molar-refractivity contribution >= 4 is 17.9 Å². The van der Waals surface area contributed by atoms with Gasteiger partial charge >= 0.3 is 17.9 Å². The van der Waals surface area contributed by atoms with Gasteiger partial charge in [0.05, 0.1) is 0 Å². The topological polar surface area (TPSA) is 78.9 Å². The van der Waals surface area contributed by atoms with Crippen LogP contribution in [0.4, 0.5) is 0 Å². The summed E-state index contributed by atoms with van der Waals surface area (Å²) in [7, 11) is 0. The van der Waals surface area contributed by atoms with E-state index < -0.39 is 6.10 Å². The largest absolute Gasteiger partial charge is 0.462 e. The smallest absolute Gasteiger partial charge is 0.306 e. The Labute approximate surface area is 380 Å². The minimum atomic E-state index is -0.760. The molecule has 362 valence electrons. The van der Waals surface area contributed by atoms with Crippen molar-refractivity contribution in [3.8, 4) is 0 Å². The second-order valence-electron chi connectivity index (χ2n) is 18.9. The molecule has 0 saturated carbocycles. The zero-order valence-electron chi connectivity index (χ0n) is 41.5. The van der Waals surface area contributed by atoms with E-state index in [1.165, 1.54) is 218 Å². The molecule has 0 radical (unpaired) electrons. The summed E-state index contributed by atoms with van der Waals surface area (Å²) in [5, 5.41) is 0. The highest BCUT2D eigenvalue weighted by Gasteiger charge is 2.19. The van der Waals surface area contributed by atoms with Crippen LogP contribution in [0.25, 0.3) is 0 Å². The lowest BCUT2D eigenvalue weighted by Gasteiger charge is -2.18. The van der Waals surface area contributed by atoms with Crippen molar-refractivity contribution in [2.75, 3.05) is 13.2 Å². The Morgan fingerprint density at radius 1 is 0.262 bits per heavy atom. The third kappa shape index (κ3) is 49.3. The van der Waals surface area contributed by atoms with Gasteiger partial charge in [-0.25, -0.2) is 0 Å². The first-order valence-corrected chi connectivity index (χ1v) is 27.5. The normalized spacial score (nSPS) is 11.9. The van der Waals surface area contributed by atoms with Gasteiger partial charge in [-0.3, -0.25) is 14.4 Å². The van der Waals surface area contributed by atoms with E-state index in [9.17, 15) is 14.4 Å². The second-order valence-corrected chi connectivity index (χ2v) is 18.9. The van der Waals surface area contributed by atoms with Gasteiger partial charge in [-0.05, 0) is 19.3 Å². The van der Waals surface area contributed by atoms with Crippen LogP contribution in [0.15, 0.2) is 0 Å². The standard InChI is InChI=1S/C55H106O6/c1-4-7-10-13-16-19-22-24-26-28-30-31-33-36-39-42-45-48-54(57)60-51-52(50-59-53(56)47-44-41-38-35-21-18-15-12-9-6-3)61-55(58)49-46-43-40-37-34-32-29-27-25-23-20-17-14-11-8-5-2/h52H,4-51H2,1-3H3/t52-/m0/s1. The summed E-state index contributed by atoms with van der Waals surface area (Å²) in [5.74, 6) is -0.838. The van der Waals surface area contributed by atoms with E-state index in [1.54, 1.807) is 0 Å². The predicted octanol–water partition coefficient (Wildman–Crippen LogP) is 18.0. The molecule has 0 unspecified atom stereocenters. The van der Waals surface area contributed by atoms with E-state index >= 15 is 0 Å². The summed E-state index contributed by atoms with van der Waals surface area (Å²) in [5.41, 5.74) is 0. The van der Waals surface area contributed by atoms with Gasteiger partial charge in [-0.1, -0.05) is 278 Å². The molecule has 0 spiro atoms. The molecule has 61 heavy (non-hydrogen) atoms. The van der Waals surface area contributed by atoms with E-state index in [0.717, 1.165) is 57.8 Å². The van der Waals surface area contributed by atoms with Gasteiger partial charge in [0.25, 0.3) is 0 Å². The van der Waals surface area contributed by atoms with Crippen LogP contribution in [0, 0.1) is 0 Å². The van der Waals surface area contributed by atoms with Crippen molar-refractivity contribution in [2.24, 2.45) is 0 Å². The van der Waals surface area contributed by atoms with Gasteiger partial charge in [0.15, 0.2) is 6.10 Å². The number of hydrogen-bond donors (Lipinski definition) is 0. The first-order chi connectivity index (χ1) is 30.0. The van der Waals surface area contributed by atoms with Crippen LogP contribution in [0.2, 0.25) is 0 Å². The number of carbonyl (C=O) groups is 3. The Morgan fingerprint density at radius 3 is 0.656 bits per heavy atom. The fraction of sp³-hybridized carbons (Fsp3) is 0.945. The van der Waals surface area contributed by atoms with E-state index in [-0.39, 0.29) is 31.1 Å². The monoisotopic (exact) mass is 863 g/mol. The highest BCUT2D eigenvalue weighted by molar-refractivity contribution is 5.71. The first kappa shape index (κ1) is 59.4.